The predicted octanol–water partition coefficient (Wildman–Crippen LogP) is 8.17. The van der Waals surface area contributed by atoms with E-state index in [1.54, 1.807) is 0 Å². The molecule has 2 atom stereocenters. The summed E-state index contributed by atoms with van der Waals surface area (Å²) in [5.41, 5.74) is -7.03. The Morgan fingerprint density at radius 2 is 0.611 bits per heavy atom. The molecule has 0 bridgehead atoms. The van der Waals surface area contributed by atoms with Crippen molar-refractivity contribution in [1.82, 2.24) is 0 Å². The zero-order valence-corrected chi connectivity index (χ0v) is 15.8. The number of hydrogen-bond acceptors (Lipinski definition) is 0. The standard InChI is InChI=1S/C13H5F23/c1-2(4(16,3(14)15)12(31,32)33)5(17,18)6(19,20)7(21,22)8(23,24)9(25,26)10(27,28)11(29,30)13(34,35)36/h2-3H,1H3. The van der Waals surface area contributed by atoms with E-state index in [9.17, 15) is 101 Å². The number of halogens is 23. The lowest BCUT2D eigenvalue weighted by molar-refractivity contribution is -0.466. The summed E-state index contributed by atoms with van der Waals surface area (Å²) in [4.78, 5) is 0. The van der Waals surface area contributed by atoms with Gasteiger partial charge in [0, 0.05) is 0 Å². The lowest BCUT2D eigenvalue weighted by Gasteiger charge is -2.45. The van der Waals surface area contributed by atoms with Crippen LogP contribution in [-0.4, -0.2) is 65.9 Å². The van der Waals surface area contributed by atoms with E-state index in [-0.39, 0.29) is 0 Å². The van der Waals surface area contributed by atoms with Crippen LogP contribution in [-0.2, 0) is 0 Å². The maximum atomic E-state index is 13.7. The van der Waals surface area contributed by atoms with Crippen molar-refractivity contribution in [3.05, 3.63) is 0 Å². The van der Waals surface area contributed by atoms with Crippen molar-refractivity contribution in [2.24, 2.45) is 5.92 Å². The summed E-state index contributed by atoms with van der Waals surface area (Å²) < 4.78 is 298. The average molecular weight is 598 g/mol. The summed E-state index contributed by atoms with van der Waals surface area (Å²) in [6, 6.07) is 0. The largest absolute Gasteiger partial charge is 0.460 e. The molecule has 0 spiro atoms. The van der Waals surface area contributed by atoms with Crippen molar-refractivity contribution >= 4 is 0 Å². The van der Waals surface area contributed by atoms with Crippen molar-refractivity contribution in [2.75, 3.05) is 0 Å². The zero-order valence-electron chi connectivity index (χ0n) is 15.8. The molecule has 23 heteroatoms. The highest BCUT2D eigenvalue weighted by molar-refractivity contribution is 5.17. The molecule has 0 fully saturated rings. The minimum absolute atomic E-state index is 1.42. The van der Waals surface area contributed by atoms with Gasteiger partial charge >= 0.3 is 53.8 Å². The molecule has 0 aromatic carbocycles. The highest BCUT2D eigenvalue weighted by Crippen LogP contribution is 2.65. The summed E-state index contributed by atoms with van der Waals surface area (Å²) in [5.74, 6) is -67.0. The fourth-order valence-corrected chi connectivity index (χ4v) is 2.27. The molecule has 0 saturated carbocycles. The molecule has 0 rings (SSSR count). The van der Waals surface area contributed by atoms with Crippen molar-refractivity contribution in [2.45, 2.75) is 72.8 Å². The van der Waals surface area contributed by atoms with Crippen LogP contribution < -0.4 is 0 Å². The van der Waals surface area contributed by atoms with Gasteiger partial charge in [0.1, 0.15) is 0 Å². The second kappa shape index (κ2) is 8.45. The van der Waals surface area contributed by atoms with Gasteiger partial charge in [-0.15, -0.1) is 0 Å². The maximum absolute atomic E-state index is 13.7. The van der Waals surface area contributed by atoms with Gasteiger partial charge in [-0.2, -0.15) is 87.8 Å². The van der Waals surface area contributed by atoms with E-state index in [1.165, 1.54) is 0 Å². The van der Waals surface area contributed by atoms with Crippen molar-refractivity contribution < 1.29 is 101 Å². The highest BCUT2D eigenvalue weighted by atomic mass is 19.4. The van der Waals surface area contributed by atoms with E-state index in [4.69, 9.17) is 0 Å². The molecule has 218 valence electrons. The van der Waals surface area contributed by atoms with Gasteiger partial charge in [-0.3, -0.25) is 0 Å². The van der Waals surface area contributed by atoms with E-state index in [0.29, 0.717) is 0 Å². The van der Waals surface area contributed by atoms with Gasteiger partial charge in [0.05, 0.1) is 5.92 Å². The van der Waals surface area contributed by atoms with E-state index < -0.39 is 78.7 Å². The SMILES string of the molecule is CC(C(F)(F)C(F)(F)C(F)(F)C(F)(F)C(F)(F)C(F)(F)C(F)(F)C(F)(F)F)C(F)(C(F)F)C(F)(F)F. The third-order valence-corrected chi connectivity index (χ3v) is 4.67. The summed E-state index contributed by atoms with van der Waals surface area (Å²) in [6.45, 7) is -1.42. The molecule has 0 saturated heterocycles. The number of hydrogen-bond donors (Lipinski definition) is 0. The first-order valence-electron chi connectivity index (χ1n) is 7.85. The van der Waals surface area contributed by atoms with E-state index in [0.717, 1.165) is 0 Å². The van der Waals surface area contributed by atoms with Crippen LogP contribution in [0.1, 0.15) is 6.92 Å². The minimum atomic E-state index is -9.15. The smallest absolute Gasteiger partial charge is 0.227 e. The van der Waals surface area contributed by atoms with Gasteiger partial charge in [-0.05, 0) is 0 Å². The van der Waals surface area contributed by atoms with Crippen LogP contribution in [0, 0.1) is 5.92 Å². The fourth-order valence-electron chi connectivity index (χ4n) is 2.27. The third kappa shape index (κ3) is 4.08. The number of rotatable bonds is 9. The van der Waals surface area contributed by atoms with E-state index >= 15 is 0 Å². The first-order chi connectivity index (χ1) is 15.1. The van der Waals surface area contributed by atoms with Crippen LogP contribution in [0.5, 0.6) is 0 Å². The summed E-state index contributed by atoms with van der Waals surface area (Å²) in [5, 5.41) is 0. The normalized spacial score (nSPS) is 18.9. The Hall–Kier alpha value is -1.61. The Kier molecular flexibility index (Phi) is 8.07. The van der Waals surface area contributed by atoms with Crippen molar-refractivity contribution in [3.8, 4) is 0 Å². The lowest BCUT2D eigenvalue weighted by Crippen LogP contribution is -2.75. The molecule has 0 N–H and O–H groups in total. The van der Waals surface area contributed by atoms with Gasteiger partial charge < -0.3 is 0 Å². The zero-order chi connectivity index (χ0) is 30.2. The molecule has 0 aromatic rings. The Morgan fingerprint density at radius 3 is 0.833 bits per heavy atom. The summed E-state index contributed by atoms with van der Waals surface area (Å²) >= 11 is 0. The minimum Gasteiger partial charge on any atom is -0.227 e. The Balaban J connectivity index is 7.12. The van der Waals surface area contributed by atoms with Gasteiger partial charge in [0.15, 0.2) is 0 Å². The molecule has 0 aromatic heterocycles. The van der Waals surface area contributed by atoms with Gasteiger partial charge in [-0.1, -0.05) is 6.92 Å². The van der Waals surface area contributed by atoms with Crippen LogP contribution in [0.3, 0.4) is 0 Å². The Labute approximate surface area is 181 Å². The second-order valence-corrected chi connectivity index (χ2v) is 6.86. The average Bonchev–Trinajstić information content (AvgIpc) is 2.63. The summed E-state index contributed by atoms with van der Waals surface area (Å²) in [7, 11) is 0. The summed E-state index contributed by atoms with van der Waals surface area (Å²) in [6.07, 6.45) is -21.4. The van der Waals surface area contributed by atoms with Gasteiger partial charge in [0.2, 0.25) is 0 Å². The molecule has 2 unspecified atom stereocenters. The van der Waals surface area contributed by atoms with Crippen LogP contribution in [0.4, 0.5) is 101 Å². The maximum Gasteiger partial charge on any atom is 0.460 e. The molecule has 0 heterocycles. The lowest BCUT2D eigenvalue weighted by atomic mass is 9.78. The van der Waals surface area contributed by atoms with E-state index in [2.05, 4.69) is 0 Å². The third-order valence-electron chi connectivity index (χ3n) is 4.67. The second-order valence-electron chi connectivity index (χ2n) is 6.86. The quantitative estimate of drug-likeness (QED) is 0.235. The molecule has 0 aliphatic heterocycles. The fraction of sp³-hybridized carbons (Fsp3) is 1.00. The van der Waals surface area contributed by atoms with Crippen LogP contribution in [0.15, 0.2) is 0 Å². The van der Waals surface area contributed by atoms with Gasteiger partial charge in [-0.25, -0.2) is 13.2 Å². The highest BCUT2D eigenvalue weighted by Gasteiger charge is 2.96. The first-order valence-corrected chi connectivity index (χ1v) is 7.85. The van der Waals surface area contributed by atoms with Gasteiger partial charge in [0.25, 0.3) is 12.1 Å². The van der Waals surface area contributed by atoms with Crippen LogP contribution >= 0.6 is 0 Å². The molecule has 0 aliphatic carbocycles. The Bertz CT molecular complexity index is 783. The van der Waals surface area contributed by atoms with E-state index in [1.807, 2.05) is 0 Å². The first kappa shape index (κ1) is 34.4. The van der Waals surface area contributed by atoms with Crippen LogP contribution in [0.25, 0.3) is 0 Å². The molecule has 0 nitrogen and oxygen atoms in total. The predicted molar refractivity (Wildman–Crippen MR) is 65.7 cm³/mol. The molecular weight excluding hydrogens is 593 g/mol. The number of alkyl halides is 23. The molecule has 36 heavy (non-hydrogen) atoms. The molecule has 0 aliphatic rings. The van der Waals surface area contributed by atoms with Crippen molar-refractivity contribution in [1.29, 1.82) is 0 Å². The molecular formula is C13H5F23. The molecule has 0 radical (unpaired) electrons. The topological polar surface area (TPSA) is 0 Å². The van der Waals surface area contributed by atoms with Crippen molar-refractivity contribution in [3.63, 3.8) is 0 Å². The Morgan fingerprint density at radius 1 is 0.361 bits per heavy atom. The van der Waals surface area contributed by atoms with Crippen LogP contribution in [0.2, 0.25) is 0 Å². The molecule has 0 amide bonds. The monoisotopic (exact) mass is 598 g/mol.